The second-order valence-corrected chi connectivity index (χ2v) is 4.53. The summed E-state index contributed by atoms with van der Waals surface area (Å²) in [5.74, 6) is 2.44. The van der Waals surface area contributed by atoms with Crippen LogP contribution < -0.4 is 0 Å². The molecule has 2 heteroatoms. The van der Waals surface area contributed by atoms with E-state index in [0.29, 0.717) is 29.8 Å². The van der Waals surface area contributed by atoms with Crippen molar-refractivity contribution in [3.05, 3.63) is 24.5 Å². The van der Waals surface area contributed by atoms with Gasteiger partial charge in [0.1, 0.15) is 6.10 Å². The van der Waals surface area contributed by atoms with E-state index in [2.05, 4.69) is 18.2 Å². The predicted molar refractivity (Wildman–Crippen MR) is 46.9 cm³/mol. The van der Waals surface area contributed by atoms with Crippen LogP contribution in [0.2, 0.25) is 0 Å². The van der Waals surface area contributed by atoms with Gasteiger partial charge in [0, 0.05) is 30.8 Å². The van der Waals surface area contributed by atoms with Crippen LogP contribution in [0.4, 0.5) is 0 Å². The lowest BCUT2D eigenvalue weighted by molar-refractivity contribution is 0.0402. The number of hydrogen-bond acceptors (Lipinski definition) is 2. The molecule has 1 aliphatic heterocycles. The van der Waals surface area contributed by atoms with Crippen molar-refractivity contribution in [2.45, 2.75) is 11.7 Å². The highest BCUT2D eigenvalue weighted by molar-refractivity contribution is 5.42. The van der Waals surface area contributed by atoms with Crippen LogP contribution >= 0.6 is 0 Å². The van der Waals surface area contributed by atoms with Gasteiger partial charge in [-0.1, -0.05) is 12.2 Å². The van der Waals surface area contributed by atoms with Crippen LogP contribution in [0, 0.1) is 23.7 Å². The molecule has 3 unspecified atom stereocenters. The molecule has 0 radical (unpaired) electrons. The minimum atomic E-state index is 0.139. The molecule has 0 spiro atoms. The lowest BCUT2D eigenvalue weighted by atomic mass is 9.91. The molecule has 0 amide bonds. The molecule has 2 saturated carbocycles. The molecule has 4 aliphatic rings. The molecule has 3 aliphatic carbocycles. The molecule has 4 rings (SSSR count). The monoisotopic (exact) mass is 176 g/mol. The zero-order valence-corrected chi connectivity index (χ0v) is 7.51. The lowest BCUT2D eigenvalue weighted by Gasteiger charge is -2.20. The molecule has 1 heterocycles. The van der Waals surface area contributed by atoms with Crippen molar-refractivity contribution < 1.29 is 9.47 Å². The fourth-order valence-corrected chi connectivity index (χ4v) is 3.92. The quantitative estimate of drug-likeness (QED) is 0.561. The Morgan fingerprint density at radius 1 is 1.23 bits per heavy atom. The number of methoxy groups -OCH3 is 1. The van der Waals surface area contributed by atoms with E-state index in [1.54, 1.807) is 0 Å². The summed E-state index contributed by atoms with van der Waals surface area (Å²) in [6, 6.07) is 0. The van der Waals surface area contributed by atoms with E-state index in [1.165, 1.54) is 0 Å². The molecule has 13 heavy (non-hydrogen) atoms. The van der Waals surface area contributed by atoms with Crippen molar-refractivity contribution >= 4 is 0 Å². The topological polar surface area (TPSA) is 18.5 Å². The third-order valence-corrected chi connectivity index (χ3v) is 4.40. The minimum absolute atomic E-state index is 0.139. The van der Waals surface area contributed by atoms with Gasteiger partial charge in [0.2, 0.25) is 0 Å². The summed E-state index contributed by atoms with van der Waals surface area (Å²) in [6.07, 6.45) is 9.14. The van der Waals surface area contributed by atoms with Gasteiger partial charge in [0.05, 0.1) is 11.9 Å². The zero-order chi connectivity index (χ0) is 8.63. The second kappa shape index (κ2) is 1.71. The van der Waals surface area contributed by atoms with Crippen LogP contribution in [0.25, 0.3) is 0 Å². The van der Waals surface area contributed by atoms with Gasteiger partial charge < -0.3 is 9.47 Å². The Morgan fingerprint density at radius 2 is 2.08 bits per heavy atom. The Labute approximate surface area is 77.2 Å². The molecule has 0 bridgehead atoms. The maximum Gasteiger partial charge on any atom is 0.111 e. The molecule has 0 aromatic carbocycles. The third kappa shape index (κ3) is 0.469. The van der Waals surface area contributed by atoms with Crippen molar-refractivity contribution in [3.63, 3.8) is 0 Å². The third-order valence-electron chi connectivity index (χ3n) is 4.40. The Bertz CT molecular complexity index is 333. The van der Waals surface area contributed by atoms with Crippen LogP contribution in [-0.2, 0) is 9.47 Å². The molecular formula is C11H12O2. The highest BCUT2D eigenvalue weighted by Gasteiger charge is 2.80. The molecule has 0 N–H and O–H groups in total. The highest BCUT2D eigenvalue weighted by Crippen LogP contribution is 2.73. The van der Waals surface area contributed by atoms with E-state index in [1.807, 2.05) is 13.4 Å². The number of fused-ring (bicyclic) bond motifs is 4. The van der Waals surface area contributed by atoms with Crippen molar-refractivity contribution in [1.82, 2.24) is 0 Å². The van der Waals surface area contributed by atoms with Gasteiger partial charge >= 0.3 is 0 Å². The average Bonchev–Trinajstić information content (AvgIpc) is 2.56. The minimum Gasteiger partial charge on any atom is -0.497 e. The summed E-state index contributed by atoms with van der Waals surface area (Å²) in [7, 11) is 1.84. The average molecular weight is 176 g/mol. The number of ether oxygens (including phenoxy) is 2. The fraction of sp³-hybridized carbons (Fsp3) is 0.636. The van der Waals surface area contributed by atoms with Gasteiger partial charge in [0.15, 0.2) is 0 Å². The van der Waals surface area contributed by atoms with Crippen molar-refractivity contribution in [1.29, 1.82) is 0 Å². The first-order valence-electron chi connectivity index (χ1n) is 4.95. The molecule has 0 saturated heterocycles. The summed E-state index contributed by atoms with van der Waals surface area (Å²) >= 11 is 0. The zero-order valence-electron chi connectivity index (χ0n) is 7.51. The summed E-state index contributed by atoms with van der Waals surface area (Å²) < 4.78 is 11.4. The summed E-state index contributed by atoms with van der Waals surface area (Å²) in [5.41, 5.74) is 0.139. The Kier molecular flexibility index (Phi) is 0.877. The lowest BCUT2D eigenvalue weighted by Crippen LogP contribution is -2.25. The molecule has 0 aromatic rings. The molecular weight excluding hydrogens is 164 g/mol. The summed E-state index contributed by atoms with van der Waals surface area (Å²) in [5, 5.41) is 0. The summed E-state index contributed by atoms with van der Waals surface area (Å²) in [6.45, 7) is 0. The maximum absolute atomic E-state index is 5.72. The van der Waals surface area contributed by atoms with Crippen molar-refractivity contribution in [2.75, 3.05) is 7.11 Å². The van der Waals surface area contributed by atoms with E-state index in [9.17, 15) is 0 Å². The van der Waals surface area contributed by atoms with Crippen LogP contribution in [0.3, 0.4) is 0 Å². The molecule has 0 aromatic heterocycles. The molecule has 6 atom stereocenters. The number of rotatable bonds is 1. The maximum atomic E-state index is 5.72. The van der Waals surface area contributed by atoms with Gasteiger partial charge in [-0.15, -0.1) is 0 Å². The molecule has 2 fully saturated rings. The molecule has 2 nitrogen and oxygen atoms in total. The first-order valence-corrected chi connectivity index (χ1v) is 4.95. The Balaban J connectivity index is 1.85. The summed E-state index contributed by atoms with van der Waals surface area (Å²) in [4.78, 5) is 0. The van der Waals surface area contributed by atoms with Gasteiger partial charge in [-0.2, -0.15) is 0 Å². The van der Waals surface area contributed by atoms with Crippen molar-refractivity contribution in [3.8, 4) is 0 Å². The van der Waals surface area contributed by atoms with Crippen molar-refractivity contribution in [2.24, 2.45) is 23.7 Å². The van der Waals surface area contributed by atoms with E-state index < -0.39 is 0 Å². The standard InChI is InChI=1S/C11H12O2/c1-12-11-7-2-3-8(11)9(11)10-6(7)4-5-13-10/h2-10H,1H3/t6-,7?,8?,9?,10-,11-/m0/s1. The highest BCUT2D eigenvalue weighted by atomic mass is 16.5. The SMILES string of the molecule is CO[C@]12C3C=CC1[C@@H]1C=CO[C@@H]1C32. The predicted octanol–water partition coefficient (Wildman–Crippen LogP) is 1.35. The van der Waals surface area contributed by atoms with Crippen LogP contribution in [0.1, 0.15) is 0 Å². The van der Waals surface area contributed by atoms with Gasteiger partial charge in [-0.3, -0.25) is 0 Å². The normalized spacial score (nSPS) is 63.6. The van der Waals surface area contributed by atoms with E-state index in [-0.39, 0.29) is 5.60 Å². The van der Waals surface area contributed by atoms with Gasteiger partial charge in [-0.05, 0) is 6.08 Å². The first-order chi connectivity index (χ1) is 6.39. The number of hydrogen-bond donors (Lipinski definition) is 0. The first kappa shape index (κ1) is 6.66. The second-order valence-electron chi connectivity index (χ2n) is 4.53. The Morgan fingerprint density at radius 3 is 2.92 bits per heavy atom. The van der Waals surface area contributed by atoms with E-state index in [0.717, 1.165) is 0 Å². The molecule has 68 valence electrons. The van der Waals surface area contributed by atoms with Crippen LogP contribution in [0.15, 0.2) is 24.5 Å². The fourth-order valence-electron chi connectivity index (χ4n) is 3.92. The van der Waals surface area contributed by atoms with Gasteiger partial charge in [0.25, 0.3) is 0 Å². The Hall–Kier alpha value is -0.760. The largest absolute Gasteiger partial charge is 0.497 e. The van der Waals surface area contributed by atoms with Crippen LogP contribution in [0.5, 0.6) is 0 Å². The van der Waals surface area contributed by atoms with Gasteiger partial charge in [-0.25, -0.2) is 0 Å². The smallest absolute Gasteiger partial charge is 0.111 e. The van der Waals surface area contributed by atoms with Crippen LogP contribution in [-0.4, -0.2) is 18.8 Å². The van der Waals surface area contributed by atoms with E-state index >= 15 is 0 Å². The van der Waals surface area contributed by atoms with E-state index in [4.69, 9.17) is 9.47 Å².